The molecule has 35 heavy (non-hydrogen) atoms. The number of aryl methyl sites for hydroxylation is 1. The van der Waals surface area contributed by atoms with Gasteiger partial charge in [0.05, 0.1) is 17.6 Å². The van der Waals surface area contributed by atoms with Crippen molar-refractivity contribution in [2.45, 2.75) is 51.5 Å². The highest BCUT2D eigenvalue weighted by Crippen LogP contribution is 2.33. The van der Waals surface area contributed by atoms with E-state index in [2.05, 4.69) is 52.4 Å². The third-order valence-electron chi connectivity index (χ3n) is 7.50. The second-order valence-corrected chi connectivity index (χ2v) is 9.91. The summed E-state index contributed by atoms with van der Waals surface area (Å²) in [7, 11) is 0. The van der Waals surface area contributed by atoms with Crippen LogP contribution in [0.2, 0.25) is 0 Å². The molecular weight excluding hydrogens is 434 g/mol. The Morgan fingerprint density at radius 1 is 0.971 bits per heavy atom. The number of fused-ring (bicyclic) bond motifs is 2. The Hall–Kier alpha value is -3.60. The minimum atomic E-state index is 0.0652. The van der Waals surface area contributed by atoms with Crippen LogP contribution >= 0.6 is 0 Å². The molecule has 1 aliphatic heterocycles. The van der Waals surface area contributed by atoms with Crippen LogP contribution in [0.4, 0.5) is 0 Å². The Kier molecular flexibility index (Phi) is 5.77. The van der Waals surface area contributed by atoms with E-state index in [-0.39, 0.29) is 5.91 Å². The first-order chi connectivity index (χ1) is 17.1. The van der Waals surface area contributed by atoms with Gasteiger partial charge >= 0.3 is 0 Å². The molecule has 0 bridgehead atoms. The summed E-state index contributed by atoms with van der Waals surface area (Å²) in [6, 6.07) is 20.9. The lowest BCUT2D eigenvalue weighted by Gasteiger charge is -2.23. The van der Waals surface area contributed by atoms with Crippen LogP contribution < -0.4 is 4.74 Å². The summed E-state index contributed by atoms with van der Waals surface area (Å²) in [4.78, 5) is 23.2. The minimum absolute atomic E-state index is 0.0652. The molecule has 178 valence electrons. The molecule has 1 aliphatic carbocycles. The number of carbonyl (C=O) groups is 1. The highest BCUT2D eigenvalue weighted by atomic mass is 16.5. The van der Waals surface area contributed by atoms with Gasteiger partial charge in [-0.3, -0.25) is 4.79 Å². The van der Waals surface area contributed by atoms with Crippen molar-refractivity contribution in [2.24, 2.45) is 0 Å². The molecule has 0 saturated heterocycles. The Morgan fingerprint density at radius 2 is 1.74 bits per heavy atom. The van der Waals surface area contributed by atoms with Gasteiger partial charge in [-0.25, -0.2) is 4.98 Å². The van der Waals surface area contributed by atoms with Gasteiger partial charge in [-0.2, -0.15) is 0 Å². The molecular formula is C30H31N3O2. The summed E-state index contributed by atoms with van der Waals surface area (Å²) >= 11 is 0. The molecule has 2 heterocycles. The van der Waals surface area contributed by atoms with Crippen LogP contribution in [0.15, 0.2) is 60.7 Å². The van der Waals surface area contributed by atoms with E-state index in [9.17, 15) is 4.79 Å². The highest BCUT2D eigenvalue weighted by Gasteiger charge is 2.22. The molecule has 0 atom stereocenters. The van der Waals surface area contributed by atoms with Crippen molar-refractivity contribution < 1.29 is 9.53 Å². The minimum Gasteiger partial charge on any atom is -0.491 e. The maximum absolute atomic E-state index is 13.4. The number of carbonyl (C=O) groups excluding carboxylic acids is 1. The molecule has 0 radical (unpaired) electrons. The fourth-order valence-corrected chi connectivity index (χ4v) is 5.58. The lowest BCUT2D eigenvalue weighted by atomic mass is 9.84. The molecule has 0 spiro atoms. The number of nitrogens with one attached hydrogen (secondary N) is 1. The van der Waals surface area contributed by atoms with Crippen molar-refractivity contribution in [2.75, 3.05) is 13.2 Å². The first-order valence-electron chi connectivity index (χ1n) is 12.8. The third kappa shape index (κ3) is 4.43. The second-order valence-electron chi connectivity index (χ2n) is 9.91. The molecule has 4 aromatic rings. The van der Waals surface area contributed by atoms with E-state index in [4.69, 9.17) is 4.74 Å². The van der Waals surface area contributed by atoms with Gasteiger partial charge in [-0.15, -0.1) is 0 Å². The van der Waals surface area contributed by atoms with Gasteiger partial charge in [-0.1, -0.05) is 43.5 Å². The predicted octanol–water partition coefficient (Wildman–Crippen LogP) is 6.62. The van der Waals surface area contributed by atoms with Crippen molar-refractivity contribution >= 4 is 16.9 Å². The molecule has 1 N–H and O–H groups in total. The Labute approximate surface area is 206 Å². The highest BCUT2D eigenvalue weighted by molar-refractivity contribution is 5.94. The second kappa shape index (κ2) is 9.21. The van der Waals surface area contributed by atoms with E-state index >= 15 is 0 Å². The number of nitrogens with zero attached hydrogens (tertiary/aromatic N) is 2. The van der Waals surface area contributed by atoms with E-state index in [0.717, 1.165) is 44.9 Å². The number of aromatic amines is 1. The zero-order chi connectivity index (χ0) is 23.8. The molecule has 5 nitrogen and oxygen atoms in total. The number of ether oxygens (including phenoxy) is 1. The smallest absolute Gasteiger partial charge is 0.254 e. The van der Waals surface area contributed by atoms with Crippen LogP contribution in [0.5, 0.6) is 5.75 Å². The molecule has 1 saturated carbocycles. The summed E-state index contributed by atoms with van der Waals surface area (Å²) in [5.74, 6) is 2.48. The average molecular weight is 466 g/mol. The fraction of sp³-hybridized carbons (Fsp3) is 0.333. The van der Waals surface area contributed by atoms with Gasteiger partial charge in [0, 0.05) is 17.7 Å². The van der Waals surface area contributed by atoms with E-state index < -0.39 is 0 Å². The van der Waals surface area contributed by atoms with Crippen molar-refractivity contribution in [3.05, 3.63) is 83.2 Å². The Morgan fingerprint density at radius 3 is 2.57 bits per heavy atom. The number of rotatable bonds is 3. The average Bonchev–Trinajstić information content (AvgIpc) is 3.14. The topological polar surface area (TPSA) is 58.2 Å². The van der Waals surface area contributed by atoms with Crippen molar-refractivity contribution in [3.63, 3.8) is 0 Å². The summed E-state index contributed by atoms with van der Waals surface area (Å²) in [5.41, 5.74) is 7.36. The largest absolute Gasteiger partial charge is 0.491 e. The van der Waals surface area contributed by atoms with E-state index in [1.54, 1.807) is 0 Å². The number of benzene rings is 3. The number of amides is 1. The maximum atomic E-state index is 13.4. The molecule has 2 aliphatic rings. The van der Waals surface area contributed by atoms with Crippen LogP contribution in [-0.4, -0.2) is 33.9 Å². The van der Waals surface area contributed by atoms with Crippen LogP contribution in [0, 0.1) is 6.92 Å². The maximum Gasteiger partial charge on any atom is 0.254 e. The van der Waals surface area contributed by atoms with Gasteiger partial charge in [0.15, 0.2) is 0 Å². The lowest BCUT2D eigenvalue weighted by Crippen LogP contribution is -2.32. The molecule has 6 rings (SSSR count). The Balaban J connectivity index is 1.23. The van der Waals surface area contributed by atoms with E-state index in [0.29, 0.717) is 25.6 Å². The first-order valence-corrected chi connectivity index (χ1v) is 12.8. The summed E-state index contributed by atoms with van der Waals surface area (Å²) in [6.07, 6.45) is 6.52. The molecule has 1 aromatic heterocycles. The van der Waals surface area contributed by atoms with Gasteiger partial charge in [0.2, 0.25) is 0 Å². The fourth-order valence-electron chi connectivity index (χ4n) is 5.58. The Bertz CT molecular complexity index is 1370. The normalized spacial score (nSPS) is 16.5. The summed E-state index contributed by atoms with van der Waals surface area (Å²) in [6.45, 7) is 3.58. The van der Waals surface area contributed by atoms with Gasteiger partial charge < -0.3 is 14.6 Å². The number of H-pyrrole nitrogens is 1. The van der Waals surface area contributed by atoms with Crippen molar-refractivity contribution in [1.82, 2.24) is 14.9 Å². The third-order valence-corrected chi connectivity index (χ3v) is 7.50. The first kappa shape index (κ1) is 21.9. The van der Waals surface area contributed by atoms with Gasteiger partial charge in [0.1, 0.15) is 18.2 Å². The van der Waals surface area contributed by atoms with E-state index in [1.807, 2.05) is 30.0 Å². The molecule has 1 fully saturated rings. The van der Waals surface area contributed by atoms with Crippen LogP contribution in [0.25, 0.3) is 22.2 Å². The van der Waals surface area contributed by atoms with Crippen molar-refractivity contribution in [1.29, 1.82) is 0 Å². The zero-order valence-corrected chi connectivity index (χ0v) is 20.2. The zero-order valence-electron chi connectivity index (χ0n) is 20.2. The quantitative estimate of drug-likeness (QED) is 0.370. The SMILES string of the molecule is Cc1nc2cc(-c3ccc4c(c3)CN(C(=O)c3ccc(C5CCCCC5)cc3)CCO4)ccc2[nH]1. The number of hydrogen-bond donors (Lipinski definition) is 1. The van der Waals surface area contributed by atoms with Crippen LogP contribution in [0.1, 0.15) is 65.3 Å². The van der Waals surface area contributed by atoms with Crippen LogP contribution in [-0.2, 0) is 6.54 Å². The molecule has 5 heteroatoms. The monoisotopic (exact) mass is 465 g/mol. The van der Waals surface area contributed by atoms with Crippen LogP contribution in [0.3, 0.4) is 0 Å². The number of aromatic nitrogens is 2. The summed E-state index contributed by atoms with van der Waals surface area (Å²) in [5, 5.41) is 0. The number of hydrogen-bond acceptors (Lipinski definition) is 3. The molecule has 3 aromatic carbocycles. The van der Waals surface area contributed by atoms with E-state index in [1.165, 1.54) is 37.7 Å². The van der Waals surface area contributed by atoms with Crippen molar-refractivity contribution in [3.8, 4) is 16.9 Å². The lowest BCUT2D eigenvalue weighted by molar-refractivity contribution is 0.0733. The summed E-state index contributed by atoms with van der Waals surface area (Å²) < 4.78 is 6.02. The van der Waals surface area contributed by atoms with Gasteiger partial charge in [0.25, 0.3) is 5.91 Å². The molecule has 1 amide bonds. The standard InChI is InChI=1S/C30H31N3O2/c1-20-31-27-13-11-25(18-28(27)32-20)24-12-14-29-26(17-24)19-33(15-16-35-29)30(34)23-9-7-22(8-10-23)21-5-3-2-4-6-21/h7-14,17-18,21H,2-6,15-16,19H2,1H3,(H,31,32). The predicted molar refractivity (Wildman–Crippen MR) is 139 cm³/mol. The number of imidazole rings is 1. The van der Waals surface area contributed by atoms with Gasteiger partial charge in [-0.05, 0) is 78.8 Å². The molecule has 0 unspecified atom stereocenters.